The summed E-state index contributed by atoms with van der Waals surface area (Å²) < 4.78 is 30.7. The van der Waals surface area contributed by atoms with Crippen LogP contribution in [0.15, 0.2) is 52.3 Å². The van der Waals surface area contributed by atoms with Gasteiger partial charge in [0.1, 0.15) is 21.3 Å². The van der Waals surface area contributed by atoms with E-state index < -0.39 is 9.84 Å². The van der Waals surface area contributed by atoms with E-state index in [2.05, 4.69) is 0 Å². The highest BCUT2D eigenvalue weighted by atomic mass is 32.2. The van der Waals surface area contributed by atoms with Crippen molar-refractivity contribution in [3.05, 3.63) is 48.0 Å². The Morgan fingerprint density at radius 1 is 1.10 bits per heavy atom. The van der Waals surface area contributed by atoms with Gasteiger partial charge in [-0.25, -0.2) is 8.42 Å². The van der Waals surface area contributed by atoms with Crippen LogP contribution in [0.1, 0.15) is 18.4 Å². The number of hydrogen-bond acceptors (Lipinski definition) is 4. The van der Waals surface area contributed by atoms with Gasteiger partial charge in [0, 0.05) is 12.5 Å². The summed E-state index contributed by atoms with van der Waals surface area (Å²) in [7, 11) is -3.54. The van der Waals surface area contributed by atoms with Crippen LogP contribution in [0.4, 0.5) is 0 Å². The zero-order valence-corrected chi connectivity index (χ0v) is 11.7. The maximum atomic E-state index is 12.5. The van der Waals surface area contributed by atoms with Crippen molar-refractivity contribution in [2.24, 2.45) is 0 Å². The van der Waals surface area contributed by atoms with Crippen LogP contribution < -0.4 is 4.74 Å². The molecule has 104 valence electrons. The molecular formula is C15H14O4S. The van der Waals surface area contributed by atoms with E-state index in [1.807, 2.05) is 6.92 Å². The molecule has 0 saturated carbocycles. The highest BCUT2D eigenvalue weighted by Gasteiger charge is 2.31. The van der Waals surface area contributed by atoms with Gasteiger partial charge in [-0.05, 0) is 29.8 Å². The van der Waals surface area contributed by atoms with Crippen LogP contribution in [0.5, 0.6) is 11.5 Å². The SMILES string of the molecule is CC(CO)c1ccc2c(c1)Oc1ccccc1S2(=O)=O. The summed E-state index contributed by atoms with van der Waals surface area (Å²) >= 11 is 0. The van der Waals surface area contributed by atoms with Crippen LogP contribution >= 0.6 is 0 Å². The molecule has 4 nitrogen and oxygen atoms in total. The third kappa shape index (κ3) is 1.90. The smallest absolute Gasteiger partial charge is 0.213 e. The van der Waals surface area contributed by atoms with E-state index in [-0.39, 0.29) is 22.3 Å². The number of hydrogen-bond donors (Lipinski definition) is 1. The fraction of sp³-hybridized carbons (Fsp3) is 0.200. The number of para-hydroxylation sites is 1. The standard InChI is InChI=1S/C15H14O4S/c1-10(9-16)11-6-7-15-13(8-11)19-12-4-2-3-5-14(12)20(15,17)18/h2-8,10,16H,9H2,1H3. The Morgan fingerprint density at radius 3 is 2.55 bits per heavy atom. The normalized spacial score (nSPS) is 16.7. The number of rotatable bonds is 2. The number of fused-ring (bicyclic) bond motifs is 2. The fourth-order valence-corrected chi connectivity index (χ4v) is 3.71. The fourth-order valence-electron chi connectivity index (χ4n) is 2.23. The topological polar surface area (TPSA) is 63.6 Å². The number of ether oxygens (including phenoxy) is 1. The number of aliphatic hydroxyl groups excluding tert-OH is 1. The van der Waals surface area contributed by atoms with E-state index in [4.69, 9.17) is 4.74 Å². The van der Waals surface area contributed by atoms with Crippen LogP contribution in [-0.2, 0) is 9.84 Å². The van der Waals surface area contributed by atoms with E-state index in [9.17, 15) is 13.5 Å². The van der Waals surface area contributed by atoms with Crippen molar-refractivity contribution < 1.29 is 18.3 Å². The van der Waals surface area contributed by atoms with Gasteiger partial charge < -0.3 is 9.84 Å². The maximum Gasteiger partial charge on any atom is 0.213 e. The molecule has 0 aromatic heterocycles. The Balaban J connectivity index is 2.18. The summed E-state index contributed by atoms with van der Waals surface area (Å²) in [5.74, 6) is 0.596. The molecule has 0 radical (unpaired) electrons. The molecule has 2 aromatic carbocycles. The molecule has 1 aliphatic heterocycles. The predicted molar refractivity (Wildman–Crippen MR) is 73.9 cm³/mol. The first-order chi connectivity index (χ1) is 9.54. The lowest BCUT2D eigenvalue weighted by Crippen LogP contribution is -2.11. The molecule has 0 spiro atoms. The zero-order chi connectivity index (χ0) is 14.3. The van der Waals surface area contributed by atoms with Gasteiger partial charge in [-0.2, -0.15) is 0 Å². The number of benzene rings is 2. The lowest BCUT2D eigenvalue weighted by atomic mass is 10.0. The van der Waals surface area contributed by atoms with Crippen LogP contribution in [-0.4, -0.2) is 20.1 Å². The minimum absolute atomic E-state index is 0.00211. The lowest BCUT2D eigenvalue weighted by molar-refractivity contribution is 0.273. The second-order valence-electron chi connectivity index (χ2n) is 4.84. The van der Waals surface area contributed by atoms with Crippen LogP contribution in [0.2, 0.25) is 0 Å². The van der Waals surface area contributed by atoms with Gasteiger partial charge in [0.2, 0.25) is 9.84 Å². The van der Waals surface area contributed by atoms with E-state index in [1.54, 1.807) is 36.4 Å². The molecule has 0 amide bonds. The van der Waals surface area contributed by atoms with E-state index in [1.165, 1.54) is 6.07 Å². The Kier molecular flexibility index (Phi) is 3.03. The number of sulfone groups is 1. The minimum Gasteiger partial charge on any atom is -0.455 e. The van der Waals surface area contributed by atoms with Crippen molar-refractivity contribution >= 4 is 9.84 Å². The molecule has 1 atom stereocenters. The molecule has 2 aromatic rings. The van der Waals surface area contributed by atoms with Gasteiger partial charge in [-0.1, -0.05) is 25.1 Å². The maximum absolute atomic E-state index is 12.5. The molecule has 0 saturated heterocycles. The van der Waals surface area contributed by atoms with Crippen molar-refractivity contribution in [2.45, 2.75) is 22.6 Å². The molecule has 1 heterocycles. The summed E-state index contributed by atoms with van der Waals surface area (Å²) in [5, 5.41) is 9.19. The first-order valence-electron chi connectivity index (χ1n) is 6.31. The molecule has 0 aliphatic carbocycles. The highest BCUT2D eigenvalue weighted by Crippen LogP contribution is 2.43. The van der Waals surface area contributed by atoms with Gasteiger partial charge in [-0.15, -0.1) is 0 Å². The van der Waals surface area contributed by atoms with Gasteiger partial charge >= 0.3 is 0 Å². The molecule has 0 bridgehead atoms. The summed E-state index contributed by atoms with van der Waals surface area (Å²) in [6.07, 6.45) is 0. The summed E-state index contributed by atoms with van der Waals surface area (Å²) in [4.78, 5) is 0.362. The second kappa shape index (κ2) is 4.61. The summed E-state index contributed by atoms with van der Waals surface area (Å²) in [6, 6.07) is 11.5. The summed E-state index contributed by atoms with van der Waals surface area (Å²) in [6.45, 7) is 1.87. The molecular weight excluding hydrogens is 276 g/mol. The quantitative estimate of drug-likeness (QED) is 0.788. The lowest BCUT2D eigenvalue weighted by Gasteiger charge is -2.21. The van der Waals surface area contributed by atoms with Gasteiger partial charge in [0.15, 0.2) is 0 Å². The van der Waals surface area contributed by atoms with Crippen molar-refractivity contribution in [3.8, 4) is 11.5 Å². The largest absolute Gasteiger partial charge is 0.455 e. The van der Waals surface area contributed by atoms with Crippen LogP contribution in [0.25, 0.3) is 0 Å². The third-order valence-corrected chi connectivity index (χ3v) is 5.29. The average Bonchev–Trinajstić information content (AvgIpc) is 2.46. The predicted octanol–water partition coefficient (Wildman–Crippen LogP) is 2.72. The first kappa shape index (κ1) is 13.1. The van der Waals surface area contributed by atoms with Crippen molar-refractivity contribution in [1.82, 2.24) is 0 Å². The van der Waals surface area contributed by atoms with Gasteiger partial charge in [0.25, 0.3) is 0 Å². The van der Waals surface area contributed by atoms with Crippen LogP contribution in [0.3, 0.4) is 0 Å². The monoisotopic (exact) mass is 290 g/mol. The average molecular weight is 290 g/mol. The first-order valence-corrected chi connectivity index (χ1v) is 7.79. The van der Waals surface area contributed by atoms with Crippen LogP contribution in [0, 0.1) is 0 Å². The molecule has 0 fully saturated rings. The molecule has 3 rings (SSSR count). The van der Waals surface area contributed by atoms with Crippen molar-refractivity contribution in [1.29, 1.82) is 0 Å². The Labute approximate surface area is 117 Å². The number of aliphatic hydroxyl groups is 1. The Bertz CT molecular complexity index is 765. The Hall–Kier alpha value is -1.85. The zero-order valence-electron chi connectivity index (χ0n) is 10.9. The minimum atomic E-state index is -3.54. The Morgan fingerprint density at radius 2 is 1.80 bits per heavy atom. The van der Waals surface area contributed by atoms with Crippen molar-refractivity contribution in [2.75, 3.05) is 6.61 Å². The molecule has 1 aliphatic rings. The second-order valence-corrected chi connectivity index (χ2v) is 6.73. The highest BCUT2D eigenvalue weighted by molar-refractivity contribution is 7.91. The van der Waals surface area contributed by atoms with E-state index in [0.717, 1.165) is 5.56 Å². The van der Waals surface area contributed by atoms with Crippen molar-refractivity contribution in [3.63, 3.8) is 0 Å². The molecule has 20 heavy (non-hydrogen) atoms. The molecule has 1 N–H and O–H groups in total. The van der Waals surface area contributed by atoms with Gasteiger partial charge in [0.05, 0.1) is 0 Å². The summed E-state index contributed by atoms with van der Waals surface area (Å²) in [5.41, 5.74) is 0.848. The van der Waals surface area contributed by atoms with Gasteiger partial charge in [-0.3, -0.25) is 0 Å². The van der Waals surface area contributed by atoms with E-state index >= 15 is 0 Å². The third-order valence-electron chi connectivity index (χ3n) is 3.46. The molecule has 5 heteroatoms. The molecule has 1 unspecified atom stereocenters. The van der Waals surface area contributed by atoms with E-state index in [0.29, 0.717) is 11.5 Å².